The zero-order valence-electron chi connectivity index (χ0n) is 10.7. The van der Waals surface area contributed by atoms with Crippen LogP contribution in [-0.2, 0) is 11.3 Å². The van der Waals surface area contributed by atoms with Crippen LogP contribution in [0.2, 0.25) is 5.02 Å². The van der Waals surface area contributed by atoms with Gasteiger partial charge in [0.05, 0.1) is 11.0 Å². The van der Waals surface area contributed by atoms with Crippen molar-refractivity contribution < 1.29 is 9.53 Å². The highest BCUT2D eigenvalue weighted by atomic mass is 79.9. The third-order valence-electron chi connectivity index (χ3n) is 2.58. The molecule has 0 aliphatic carbocycles. The molecule has 0 saturated carbocycles. The van der Waals surface area contributed by atoms with Gasteiger partial charge in [0, 0.05) is 9.90 Å². The first-order valence-electron chi connectivity index (χ1n) is 5.98. The number of rotatable bonds is 5. The fourth-order valence-electron chi connectivity index (χ4n) is 1.55. The van der Waals surface area contributed by atoms with Crippen molar-refractivity contribution in [2.45, 2.75) is 19.6 Å². The lowest BCUT2D eigenvalue weighted by atomic mass is 10.3. The summed E-state index contributed by atoms with van der Waals surface area (Å²) >= 11 is 10.8. The van der Waals surface area contributed by atoms with Crippen LogP contribution >= 0.6 is 38.9 Å². The Hall–Kier alpha value is -1.04. The summed E-state index contributed by atoms with van der Waals surface area (Å²) in [5, 5.41) is 5.43. The van der Waals surface area contributed by atoms with Crippen molar-refractivity contribution in [2.75, 3.05) is 0 Å². The molecular formula is C14H13BrClNO2S. The Bertz CT molecular complexity index is 589. The largest absolute Gasteiger partial charge is 0.480 e. The molecule has 0 spiro atoms. The molecule has 0 fully saturated rings. The Morgan fingerprint density at radius 3 is 2.95 bits per heavy atom. The van der Waals surface area contributed by atoms with Gasteiger partial charge >= 0.3 is 0 Å². The van der Waals surface area contributed by atoms with E-state index in [1.54, 1.807) is 36.5 Å². The maximum atomic E-state index is 11.9. The molecule has 106 valence electrons. The van der Waals surface area contributed by atoms with Crippen LogP contribution in [0.5, 0.6) is 5.75 Å². The molecular weight excluding hydrogens is 362 g/mol. The second kappa shape index (κ2) is 7.11. The second-order valence-corrected chi connectivity index (χ2v) is 6.46. The number of hydrogen-bond donors (Lipinski definition) is 1. The van der Waals surface area contributed by atoms with Crippen LogP contribution in [0.3, 0.4) is 0 Å². The lowest BCUT2D eigenvalue weighted by molar-refractivity contribution is -0.127. The third kappa shape index (κ3) is 4.23. The normalized spacial score (nSPS) is 11.9. The molecule has 3 nitrogen and oxygen atoms in total. The lowest BCUT2D eigenvalue weighted by Crippen LogP contribution is -2.35. The average Bonchev–Trinajstić information content (AvgIpc) is 2.92. The number of hydrogen-bond acceptors (Lipinski definition) is 3. The van der Waals surface area contributed by atoms with E-state index >= 15 is 0 Å². The Morgan fingerprint density at radius 1 is 1.50 bits per heavy atom. The second-order valence-electron chi connectivity index (χ2n) is 4.13. The molecule has 6 heteroatoms. The molecule has 1 heterocycles. The molecule has 1 aromatic carbocycles. The molecule has 0 aliphatic rings. The molecule has 1 amide bonds. The quantitative estimate of drug-likeness (QED) is 0.850. The van der Waals surface area contributed by atoms with Gasteiger partial charge in [0.15, 0.2) is 6.10 Å². The summed E-state index contributed by atoms with van der Waals surface area (Å²) in [5.74, 6) is 0.438. The molecule has 0 radical (unpaired) electrons. The van der Waals surface area contributed by atoms with Crippen molar-refractivity contribution in [3.63, 3.8) is 0 Å². The molecule has 0 bridgehead atoms. The van der Waals surface area contributed by atoms with Crippen molar-refractivity contribution in [3.05, 3.63) is 50.1 Å². The fourth-order valence-corrected chi connectivity index (χ4v) is 2.97. The summed E-state index contributed by atoms with van der Waals surface area (Å²) < 4.78 is 6.34. The molecule has 1 N–H and O–H groups in total. The van der Waals surface area contributed by atoms with Crippen LogP contribution in [0, 0.1) is 0 Å². The topological polar surface area (TPSA) is 38.3 Å². The van der Waals surface area contributed by atoms with E-state index in [9.17, 15) is 4.79 Å². The van der Waals surface area contributed by atoms with E-state index in [0.717, 1.165) is 9.35 Å². The SMILES string of the molecule is C[C@@H](Oc1ccc(Cl)cc1Br)C(=O)NCc1cccs1. The minimum atomic E-state index is -0.576. The number of thiophene rings is 1. The van der Waals surface area contributed by atoms with Crippen molar-refractivity contribution in [3.8, 4) is 5.75 Å². The molecule has 0 unspecified atom stereocenters. The molecule has 1 aromatic heterocycles. The van der Waals surface area contributed by atoms with E-state index < -0.39 is 6.10 Å². The molecule has 0 saturated heterocycles. The number of benzene rings is 1. The van der Waals surface area contributed by atoms with Crippen LogP contribution in [0.15, 0.2) is 40.2 Å². The predicted molar refractivity (Wildman–Crippen MR) is 85.4 cm³/mol. The Morgan fingerprint density at radius 2 is 2.30 bits per heavy atom. The highest BCUT2D eigenvalue weighted by Gasteiger charge is 2.15. The summed E-state index contributed by atoms with van der Waals surface area (Å²) in [4.78, 5) is 13.1. The summed E-state index contributed by atoms with van der Waals surface area (Å²) in [6.07, 6.45) is -0.576. The molecule has 2 aromatic rings. The first-order valence-corrected chi connectivity index (χ1v) is 8.03. The van der Waals surface area contributed by atoms with Gasteiger partial charge in [-0.2, -0.15) is 0 Å². The van der Waals surface area contributed by atoms with E-state index in [4.69, 9.17) is 16.3 Å². The summed E-state index contributed by atoms with van der Waals surface area (Å²) in [6.45, 7) is 2.23. The van der Waals surface area contributed by atoms with Crippen molar-refractivity contribution in [1.29, 1.82) is 0 Å². The van der Waals surface area contributed by atoms with E-state index in [0.29, 0.717) is 17.3 Å². The van der Waals surface area contributed by atoms with Crippen molar-refractivity contribution in [2.24, 2.45) is 0 Å². The summed E-state index contributed by atoms with van der Waals surface area (Å²) in [7, 11) is 0. The van der Waals surface area contributed by atoms with Gasteiger partial charge in [-0.15, -0.1) is 11.3 Å². The Labute approximate surface area is 135 Å². The number of halogens is 2. The van der Waals surface area contributed by atoms with Crippen LogP contribution in [0.25, 0.3) is 0 Å². The zero-order chi connectivity index (χ0) is 14.5. The molecule has 2 rings (SSSR count). The maximum absolute atomic E-state index is 11.9. The van der Waals surface area contributed by atoms with Gasteiger partial charge in [-0.1, -0.05) is 17.7 Å². The summed E-state index contributed by atoms with van der Waals surface area (Å²) in [5.41, 5.74) is 0. The van der Waals surface area contributed by atoms with Gasteiger partial charge in [-0.05, 0) is 52.5 Å². The first kappa shape index (κ1) is 15.4. The highest BCUT2D eigenvalue weighted by Crippen LogP contribution is 2.28. The standard InChI is InChI=1S/C14H13BrClNO2S/c1-9(14(18)17-8-11-3-2-6-20-11)19-13-5-4-10(16)7-12(13)15/h2-7,9H,8H2,1H3,(H,17,18)/t9-/m1/s1. The van der Waals surface area contributed by atoms with Crippen LogP contribution in [0.1, 0.15) is 11.8 Å². The Kier molecular flexibility index (Phi) is 5.46. The minimum absolute atomic E-state index is 0.153. The van der Waals surface area contributed by atoms with Crippen LogP contribution < -0.4 is 10.1 Å². The van der Waals surface area contributed by atoms with Gasteiger partial charge in [0.25, 0.3) is 5.91 Å². The van der Waals surface area contributed by atoms with Gasteiger partial charge in [-0.25, -0.2) is 0 Å². The van der Waals surface area contributed by atoms with Crippen molar-refractivity contribution in [1.82, 2.24) is 5.32 Å². The highest BCUT2D eigenvalue weighted by molar-refractivity contribution is 9.10. The monoisotopic (exact) mass is 373 g/mol. The smallest absolute Gasteiger partial charge is 0.261 e. The molecule has 20 heavy (non-hydrogen) atoms. The zero-order valence-corrected chi connectivity index (χ0v) is 13.9. The lowest BCUT2D eigenvalue weighted by Gasteiger charge is -2.15. The number of carbonyl (C=O) groups excluding carboxylic acids is 1. The van der Waals surface area contributed by atoms with Crippen molar-refractivity contribution >= 4 is 44.8 Å². The number of carbonyl (C=O) groups is 1. The first-order chi connectivity index (χ1) is 9.56. The van der Waals surface area contributed by atoms with E-state index in [-0.39, 0.29) is 5.91 Å². The van der Waals surface area contributed by atoms with E-state index in [1.165, 1.54) is 0 Å². The minimum Gasteiger partial charge on any atom is -0.480 e. The van der Waals surface area contributed by atoms with Crippen LogP contribution in [-0.4, -0.2) is 12.0 Å². The molecule has 1 atom stereocenters. The van der Waals surface area contributed by atoms with Crippen LogP contribution in [0.4, 0.5) is 0 Å². The van der Waals surface area contributed by atoms with Gasteiger partial charge in [0.1, 0.15) is 5.75 Å². The van der Waals surface area contributed by atoms with E-state index in [1.807, 2.05) is 17.5 Å². The Balaban J connectivity index is 1.90. The predicted octanol–water partition coefficient (Wildman–Crippen LogP) is 4.25. The average molecular weight is 375 g/mol. The number of nitrogens with one attached hydrogen (secondary N) is 1. The van der Waals surface area contributed by atoms with Gasteiger partial charge in [-0.3, -0.25) is 4.79 Å². The van der Waals surface area contributed by atoms with E-state index in [2.05, 4.69) is 21.2 Å². The number of amides is 1. The van der Waals surface area contributed by atoms with Gasteiger partial charge < -0.3 is 10.1 Å². The third-order valence-corrected chi connectivity index (χ3v) is 4.32. The maximum Gasteiger partial charge on any atom is 0.261 e. The number of ether oxygens (including phenoxy) is 1. The summed E-state index contributed by atoms with van der Waals surface area (Å²) in [6, 6.07) is 9.11. The molecule has 0 aliphatic heterocycles. The van der Waals surface area contributed by atoms with Gasteiger partial charge in [0.2, 0.25) is 0 Å². The fraction of sp³-hybridized carbons (Fsp3) is 0.214.